The molecule has 0 spiro atoms. The van der Waals surface area contributed by atoms with E-state index < -0.39 is 10.8 Å². The number of amides is 1. The lowest BCUT2D eigenvalue weighted by Gasteiger charge is -2.08. The van der Waals surface area contributed by atoms with E-state index in [-0.39, 0.29) is 23.6 Å². The zero-order valence-corrected chi connectivity index (χ0v) is 15.1. The van der Waals surface area contributed by atoms with E-state index in [2.05, 4.69) is 26.5 Å². The van der Waals surface area contributed by atoms with Crippen molar-refractivity contribution in [3.05, 3.63) is 56.5 Å². The Kier molecular flexibility index (Phi) is 6.50. The molecule has 0 aliphatic rings. The fourth-order valence-electron chi connectivity index (χ4n) is 1.83. The van der Waals surface area contributed by atoms with Crippen molar-refractivity contribution in [1.82, 2.24) is 5.43 Å². The second kappa shape index (κ2) is 8.81. The standard InChI is InChI=1S/C16H14BrN3O6/c1-25-12-3-5-15(13(17)7-12)26-9-16(22)19-18-8-10-6-11(20(23)24)2-4-14(10)21/h2-8,21H,9H2,1H3,(H,19,22)/b18-8-. The average Bonchev–Trinajstić information content (AvgIpc) is 2.61. The van der Waals surface area contributed by atoms with Crippen molar-refractivity contribution >= 4 is 33.7 Å². The number of benzene rings is 2. The molecule has 2 N–H and O–H groups in total. The van der Waals surface area contributed by atoms with Gasteiger partial charge in [0.1, 0.15) is 17.2 Å². The van der Waals surface area contributed by atoms with E-state index in [1.165, 1.54) is 13.2 Å². The van der Waals surface area contributed by atoms with Crippen LogP contribution in [0.4, 0.5) is 5.69 Å². The third kappa shape index (κ3) is 5.18. The summed E-state index contributed by atoms with van der Waals surface area (Å²) in [6, 6.07) is 8.48. The predicted octanol–water partition coefficient (Wildman–Crippen LogP) is 2.60. The van der Waals surface area contributed by atoms with Crippen LogP contribution >= 0.6 is 15.9 Å². The Morgan fingerprint density at radius 1 is 1.38 bits per heavy atom. The first kappa shape index (κ1) is 19.2. The molecule has 2 rings (SSSR count). The average molecular weight is 424 g/mol. The van der Waals surface area contributed by atoms with Gasteiger partial charge < -0.3 is 14.6 Å². The molecule has 0 heterocycles. The zero-order chi connectivity index (χ0) is 19.1. The van der Waals surface area contributed by atoms with Gasteiger partial charge >= 0.3 is 0 Å². The molecule has 10 heteroatoms. The Bertz CT molecular complexity index is 856. The molecule has 26 heavy (non-hydrogen) atoms. The van der Waals surface area contributed by atoms with Crippen molar-refractivity contribution in [3.8, 4) is 17.2 Å². The first-order chi connectivity index (χ1) is 12.4. The molecule has 0 atom stereocenters. The van der Waals surface area contributed by atoms with Crippen molar-refractivity contribution in [2.75, 3.05) is 13.7 Å². The van der Waals surface area contributed by atoms with Gasteiger partial charge in [-0.2, -0.15) is 5.10 Å². The van der Waals surface area contributed by atoms with E-state index in [0.717, 1.165) is 18.3 Å². The smallest absolute Gasteiger partial charge is 0.277 e. The van der Waals surface area contributed by atoms with Crippen molar-refractivity contribution in [1.29, 1.82) is 0 Å². The number of aromatic hydroxyl groups is 1. The van der Waals surface area contributed by atoms with Crippen LogP contribution in [0, 0.1) is 10.1 Å². The lowest BCUT2D eigenvalue weighted by atomic mass is 10.2. The molecule has 0 fully saturated rings. The summed E-state index contributed by atoms with van der Waals surface area (Å²) in [7, 11) is 1.53. The van der Waals surface area contributed by atoms with Gasteiger partial charge in [-0.05, 0) is 40.2 Å². The molecule has 1 amide bonds. The normalized spacial score (nSPS) is 10.5. The van der Waals surface area contributed by atoms with Crippen molar-refractivity contribution in [2.45, 2.75) is 0 Å². The van der Waals surface area contributed by atoms with Gasteiger partial charge in [-0.3, -0.25) is 14.9 Å². The molecule has 0 bridgehead atoms. The summed E-state index contributed by atoms with van der Waals surface area (Å²) in [4.78, 5) is 21.9. The number of hydrogen-bond donors (Lipinski definition) is 2. The van der Waals surface area contributed by atoms with Gasteiger partial charge in [-0.25, -0.2) is 5.43 Å². The van der Waals surface area contributed by atoms with Gasteiger partial charge in [0.2, 0.25) is 0 Å². The maximum atomic E-state index is 11.7. The third-order valence-electron chi connectivity index (χ3n) is 3.11. The Balaban J connectivity index is 1.92. The van der Waals surface area contributed by atoms with Crippen LogP contribution < -0.4 is 14.9 Å². The van der Waals surface area contributed by atoms with E-state index in [0.29, 0.717) is 16.0 Å². The van der Waals surface area contributed by atoms with Crippen LogP contribution in [0.5, 0.6) is 17.2 Å². The van der Waals surface area contributed by atoms with Crippen molar-refractivity contribution in [2.24, 2.45) is 5.10 Å². The number of hydrogen-bond acceptors (Lipinski definition) is 7. The molecular formula is C16H14BrN3O6. The number of ether oxygens (including phenoxy) is 2. The number of nitro groups is 1. The second-order valence-corrected chi connectivity index (χ2v) is 5.73. The highest BCUT2D eigenvalue weighted by Crippen LogP contribution is 2.29. The monoisotopic (exact) mass is 423 g/mol. The molecule has 2 aromatic rings. The number of nitrogens with one attached hydrogen (secondary N) is 1. The van der Waals surface area contributed by atoms with Crippen LogP contribution in [-0.2, 0) is 4.79 Å². The molecule has 0 aliphatic heterocycles. The molecule has 0 unspecified atom stereocenters. The Hall–Kier alpha value is -3.14. The minimum atomic E-state index is -0.601. The number of carbonyl (C=O) groups excluding carboxylic acids is 1. The van der Waals surface area contributed by atoms with Gasteiger partial charge in [-0.15, -0.1) is 0 Å². The fraction of sp³-hybridized carbons (Fsp3) is 0.125. The number of phenols is 1. The number of nitro benzene ring substituents is 1. The summed E-state index contributed by atoms with van der Waals surface area (Å²) < 4.78 is 11.0. The van der Waals surface area contributed by atoms with Crippen molar-refractivity contribution in [3.63, 3.8) is 0 Å². The lowest BCUT2D eigenvalue weighted by Crippen LogP contribution is -2.24. The lowest BCUT2D eigenvalue weighted by molar-refractivity contribution is -0.384. The summed E-state index contributed by atoms with van der Waals surface area (Å²) in [5.74, 6) is 0.331. The van der Waals surface area contributed by atoms with E-state index in [9.17, 15) is 20.0 Å². The number of nitrogens with zero attached hydrogens (tertiary/aromatic N) is 2. The number of halogens is 1. The molecule has 2 aromatic carbocycles. The van der Waals surface area contributed by atoms with Gasteiger partial charge in [-0.1, -0.05) is 0 Å². The SMILES string of the molecule is COc1ccc(OCC(=O)N/N=C\c2cc([N+](=O)[O-])ccc2O)c(Br)c1. The molecular weight excluding hydrogens is 410 g/mol. The van der Waals surface area contributed by atoms with Crippen molar-refractivity contribution < 1.29 is 24.3 Å². The molecule has 0 saturated heterocycles. The highest BCUT2D eigenvalue weighted by atomic mass is 79.9. The van der Waals surface area contributed by atoms with Gasteiger partial charge in [0.05, 0.1) is 22.7 Å². The Labute approximate surface area is 156 Å². The first-order valence-electron chi connectivity index (χ1n) is 7.16. The maximum absolute atomic E-state index is 11.7. The first-order valence-corrected chi connectivity index (χ1v) is 7.95. The topological polar surface area (TPSA) is 123 Å². The summed E-state index contributed by atoms with van der Waals surface area (Å²) in [5.41, 5.74) is 2.09. The minimum Gasteiger partial charge on any atom is -0.507 e. The molecule has 0 aromatic heterocycles. The van der Waals surface area contributed by atoms with Gasteiger partial charge in [0, 0.05) is 17.7 Å². The van der Waals surface area contributed by atoms with Crippen LogP contribution in [0.2, 0.25) is 0 Å². The summed E-state index contributed by atoms with van der Waals surface area (Å²) in [6.07, 6.45) is 1.10. The van der Waals surface area contributed by atoms with E-state index in [1.54, 1.807) is 18.2 Å². The molecule has 9 nitrogen and oxygen atoms in total. The van der Waals surface area contributed by atoms with E-state index in [1.807, 2.05) is 0 Å². The number of rotatable bonds is 7. The molecule has 0 aliphatic carbocycles. The van der Waals surface area contributed by atoms with Gasteiger partial charge in [0.25, 0.3) is 11.6 Å². The van der Waals surface area contributed by atoms with Crippen LogP contribution in [0.1, 0.15) is 5.56 Å². The largest absolute Gasteiger partial charge is 0.507 e. The van der Waals surface area contributed by atoms with E-state index >= 15 is 0 Å². The molecule has 0 radical (unpaired) electrons. The summed E-state index contributed by atoms with van der Waals surface area (Å²) in [6.45, 7) is -0.302. The fourth-order valence-corrected chi connectivity index (χ4v) is 2.31. The highest BCUT2D eigenvalue weighted by molar-refractivity contribution is 9.10. The van der Waals surface area contributed by atoms with E-state index in [4.69, 9.17) is 9.47 Å². The molecule has 0 saturated carbocycles. The number of non-ortho nitro benzene ring substituents is 1. The number of methoxy groups -OCH3 is 1. The van der Waals surface area contributed by atoms with Crippen LogP contribution in [0.3, 0.4) is 0 Å². The Morgan fingerprint density at radius 2 is 2.15 bits per heavy atom. The van der Waals surface area contributed by atoms with Gasteiger partial charge in [0.15, 0.2) is 6.61 Å². The predicted molar refractivity (Wildman–Crippen MR) is 96.7 cm³/mol. The third-order valence-corrected chi connectivity index (χ3v) is 3.73. The van der Waals surface area contributed by atoms with Crippen LogP contribution in [-0.4, -0.2) is 35.9 Å². The highest BCUT2D eigenvalue weighted by Gasteiger charge is 2.09. The number of carbonyl (C=O) groups is 1. The number of hydrazone groups is 1. The maximum Gasteiger partial charge on any atom is 0.277 e. The number of phenolic OH excluding ortho intramolecular Hbond substituents is 1. The molecule has 136 valence electrons. The minimum absolute atomic E-state index is 0.0957. The zero-order valence-electron chi connectivity index (χ0n) is 13.5. The summed E-state index contributed by atoms with van der Waals surface area (Å²) >= 11 is 3.30. The Morgan fingerprint density at radius 3 is 2.81 bits per heavy atom. The van der Waals surface area contributed by atoms with Crippen LogP contribution in [0.25, 0.3) is 0 Å². The quantitative estimate of drug-likeness (QED) is 0.400. The summed E-state index contributed by atoms with van der Waals surface area (Å²) in [5, 5.41) is 24.0. The second-order valence-electron chi connectivity index (χ2n) is 4.88. The van der Waals surface area contributed by atoms with Crippen LogP contribution in [0.15, 0.2) is 46.0 Å².